The average Bonchev–Trinajstić information content (AvgIpc) is 2.40. The van der Waals surface area contributed by atoms with Gasteiger partial charge in [0, 0.05) is 6.54 Å². The van der Waals surface area contributed by atoms with E-state index in [1.165, 1.54) is 18.2 Å². The maximum atomic E-state index is 13.2. The van der Waals surface area contributed by atoms with Gasteiger partial charge in [0.05, 0.1) is 18.1 Å². The number of rotatable bonds is 4. The van der Waals surface area contributed by atoms with Crippen molar-refractivity contribution in [1.29, 1.82) is 0 Å². The van der Waals surface area contributed by atoms with Crippen LogP contribution in [0.5, 0.6) is 0 Å². The fourth-order valence-electron chi connectivity index (χ4n) is 1.68. The normalized spacial score (nSPS) is 11.3. The van der Waals surface area contributed by atoms with Crippen molar-refractivity contribution in [2.75, 3.05) is 10.8 Å². The monoisotopic (exact) mass is 315 g/mol. The lowest BCUT2D eigenvalue weighted by atomic mass is 10.3. The van der Waals surface area contributed by atoms with Gasteiger partial charge in [-0.25, -0.2) is 22.8 Å². The molecule has 0 aliphatic rings. The number of hydrogen-bond donors (Lipinski definition) is 0. The van der Waals surface area contributed by atoms with Crippen LogP contribution in [0.2, 0.25) is 5.28 Å². The van der Waals surface area contributed by atoms with Crippen LogP contribution in [0, 0.1) is 5.82 Å². The predicted molar refractivity (Wildman–Crippen MR) is 73.6 cm³/mol. The van der Waals surface area contributed by atoms with E-state index in [1.807, 2.05) is 0 Å². The predicted octanol–water partition coefficient (Wildman–Crippen LogP) is 2.48. The van der Waals surface area contributed by atoms with E-state index in [-0.39, 0.29) is 22.4 Å². The van der Waals surface area contributed by atoms with E-state index in [4.69, 9.17) is 11.6 Å². The second-order valence-electron chi connectivity index (χ2n) is 3.84. The molecule has 1 aromatic carbocycles. The van der Waals surface area contributed by atoms with Crippen molar-refractivity contribution in [3.8, 4) is 0 Å². The molecule has 20 heavy (non-hydrogen) atoms. The van der Waals surface area contributed by atoms with Crippen LogP contribution in [-0.4, -0.2) is 24.9 Å². The Kier molecular flexibility index (Phi) is 4.20. The molecule has 0 atom stereocenters. The summed E-state index contributed by atoms with van der Waals surface area (Å²) < 4.78 is 39.2. The zero-order chi connectivity index (χ0) is 14.8. The van der Waals surface area contributed by atoms with Crippen LogP contribution in [0.4, 0.5) is 10.1 Å². The van der Waals surface area contributed by atoms with Crippen molar-refractivity contribution in [1.82, 2.24) is 9.97 Å². The van der Waals surface area contributed by atoms with Gasteiger partial charge in [-0.05, 0) is 36.7 Å². The summed E-state index contributed by atoms with van der Waals surface area (Å²) in [4.78, 5) is 7.19. The Bertz CT molecular complexity index is 707. The molecule has 0 fully saturated rings. The molecule has 0 aliphatic carbocycles. The first kappa shape index (κ1) is 14.7. The molecular weight excluding hydrogens is 305 g/mol. The van der Waals surface area contributed by atoms with Gasteiger partial charge in [0.25, 0.3) is 10.0 Å². The fraction of sp³-hybridized carbons (Fsp3) is 0.167. The van der Waals surface area contributed by atoms with E-state index in [0.29, 0.717) is 0 Å². The standard InChI is InChI=1S/C12H11ClFN3O2S/c1-2-17(10-5-3-4-9(14)6-10)20(18,19)11-7-15-12(13)16-8-11/h3-8H,2H2,1H3. The van der Waals surface area contributed by atoms with E-state index in [9.17, 15) is 12.8 Å². The van der Waals surface area contributed by atoms with Crippen LogP contribution in [0.25, 0.3) is 0 Å². The van der Waals surface area contributed by atoms with Gasteiger partial charge in [0.1, 0.15) is 10.7 Å². The Balaban J connectivity index is 2.47. The van der Waals surface area contributed by atoms with Crippen molar-refractivity contribution in [2.24, 2.45) is 0 Å². The molecule has 0 radical (unpaired) electrons. The molecule has 0 bridgehead atoms. The number of anilines is 1. The van der Waals surface area contributed by atoms with Crippen molar-refractivity contribution >= 4 is 27.3 Å². The van der Waals surface area contributed by atoms with Crippen LogP contribution in [0.15, 0.2) is 41.6 Å². The third-order valence-electron chi connectivity index (χ3n) is 2.57. The minimum atomic E-state index is -3.85. The number of nitrogens with zero attached hydrogens (tertiary/aromatic N) is 3. The average molecular weight is 316 g/mol. The molecule has 0 amide bonds. The summed E-state index contributed by atoms with van der Waals surface area (Å²) in [6, 6.07) is 5.36. The van der Waals surface area contributed by atoms with Gasteiger partial charge in [-0.15, -0.1) is 0 Å². The zero-order valence-corrected chi connectivity index (χ0v) is 12.1. The maximum Gasteiger partial charge on any atom is 0.267 e. The highest BCUT2D eigenvalue weighted by molar-refractivity contribution is 7.92. The van der Waals surface area contributed by atoms with Crippen LogP contribution >= 0.6 is 11.6 Å². The Labute approximate surface area is 121 Å². The van der Waals surface area contributed by atoms with Crippen LogP contribution in [0.3, 0.4) is 0 Å². The maximum absolute atomic E-state index is 13.2. The highest BCUT2D eigenvalue weighted by atomic mass is 35.5. The number of hydrogen-bond acceptors (Lipinski definition) is 4. The zero-order valence-electron chi connectivity index (χ0n) is 10.5. The second kappa shape index (κ2) is 5.72. The van der Waals surface area contributed by atoms with E-state index >= 15 is 0 Å². The molecule has 0 unspecified atom stereocenters. The molecule has 8 heteroatoms. The SMILES string of the molecule is CCN(c1cccc(F)c1)S(=O)(=O)c1cnc(Cl)nc1. The minimum absolute atomic E-state index is 0.0437. The van der Waals surface area contributed by atoms with Gasteiger partial charge < -0.3 is 0 Å². The van der Waals surface area contributed by atoms with E-state index in [2.05, 4.69) is 9.97 Å². The lowest BCUT2D eigenvalue weighted by Crippen LogP contribution is -2.31. The van der Waals surface area contributed by atoms with Crippen LogP contribution in [-0.2, 0) is 10.0 Å². The third-order valence-corrected chi connectivity index (χ3v) is 4.62. The number of sulfonamides is 1. The summed E-state index contributed by atoms with van der Waals surface area (Å²) in [6.07, 6.45) is 2.24. The summed E-state index contributed by atoms with van der Waals surface area (Å²) >= 11 is 5.53. The number of halogens is 2. The third kappa shape index (κ3) is 2.88. The number of aromatic nitrogens is 2. The molecule has 0 N–H and O–H groups in total. The summed E-state index contributed by atoms with van der Waals surface area (Å²) in [5.74, 6) is -0.511. The topological polar surface area (TPSA) is 63.2 Å². The molecule has 0 saturated heterocycles. The van der Waals surface area contributed by atoms with Gasteiger partial charge >= 0.3 is 0 Å². The van der Waals surface area contributed by atoms with Crippen LogP contribution < -0.4 is 4.31 Å². The number of benzene rings is 1. The molecule has 0 saturated carbocycles. The summed E-state index contributed by atoms with van der Waals surface area (Å²) in [7, 11) is -3.85. The summed E-state index contributed by atoms with van der Waals surface area (Å²) in [5.41, 5.74) is 0.238. The first-order valence-corrected chi connectivity index (χ1v) is 7.53. The molecule has 0 spiro atoms. The Morgan fingerprint density at radius 1 is 1.30 bits per heavy atom. The first-order chi connectivity index (χ1) is 9.45. The van der Waals surface area contributed by atoms with E-state index in [1.54, 1.807) is 6.92 Å². The van der Waals surface area contributed by atoms with Crippen molar-refractivity contribution in [3.63, 3.8) is 0 Å². The van der Waals surface area contributed by atoms with E-state index in [0.717, 1.165) is 22.8 Å². The Hall–Kier alpha value is -1.73. The summed E-state index contributed by atoms with van der Waals surface area (Å²) in [6.45, 7) is 1.80. The van der Waals surface area contributed by atoms with Crippen LogP contribution in [0.1, 0.15) is 6.92 Å². The Morgan fingerprint density at radius 3 is 2.50 bits per heavy atom. The van der Waals surface area contributed by atoms with Crippen molar-refractivity contribution in [3.05, 3.63) is 47.8 Å². The highest BCUT2D eigenvalue weighted by Gasteiger charge is 2.24. The lowest BCUT2D eigenvalue weighted by Gasteiger charge is -2.22. The molecule has 5 nitrogen and oxygen atoms in total. The summed E-state index contributed by atoms with van der Waals surface area (Å²) in [5, 5.41) is -0.0437. The molecule has 106 valence electrons. The van der Waals surface area contributed by atoms with Crippen molar-refractivity contribution < 1.29 is 12.8 Å². The fourth-order valence-corrected chi connectivity index (χ4v) is 3.14. The van der Waals surface area contributed by atoms with Gasteiger partial charge in [0.2, 0.25) is 5.28 Å². The largest absolute Gasteiger partial charge is 0.267 e. The Morgan fingerprint density at radius 2 is 1.95 bits per heavy atom. The quantitative estimate of drug-likeness (QED) is 0.813. The van der Waals surface area contributed by atoms with Gasteiger partial charge in [-0.1, -0.05) is 6.07 Å². The van der Waals surface area contributed by atoms with Crippen molar-refractivity contribution in [2.45, 2.75) is 11.8 Å². The second-order valence-corrected chi connectivity index (χ2v) is 6.04. The van der Waals surface area contributed by atoms with Gasteiger partial charge in [0.15, 0.2) is 0 Å². The molecule has 1 heterocycles. The molecule has 2 rings (SSSR count). The molecule has 0 aliphatic heterocycles. The van der Waals surface area contributed by atoms with Gasteiger partial charge in [-0.3, -0.25) is 4.31 Å². The highest BCUT2D eigenvalue weighted by Crippen LogP contribution is 2.23. The smallest absolute Gasteiger partial charge is 0.266 e. The van der Waals surface area contributed by atoms with Gasteiger partial charge in [-0.2, -0.15) is 0 Å². The first-order valence-electron chi connectivity index (χ1n) is 5.71. The lowest BCUT2D eigenvalue weighted by molar-refractivity contribution is 0.590. The van der Waals surface area contributed by atoms with E-state index < -0.39 is 15.8 Å². The molecular formula is C12H11ClFN3O2S. The minimum Gasteiger partial charge on any atom is -0.266 e. The molecule has 2 aromatic rings. The molecule has 1 aromatic heterocycles.